The first-order valence-corrected chi connectivity index (χ1v) is 10.3. The summed E-state index contributed by atoms with van der Waals surface area (Å²) in [6, 6.07) is 12.5. The molecule has 1 atom stereocenters. The number of carbonyl (C=O) groups excluding carboxylic acids is 1. The number of sulfonamides is 1. The van der Waals surface area contributed by atoms with Crippen molar-refractivity contribution in [2.45, 2.75) is 43.6 Å². The van der Waals surface area contributed by atoms with Crippen molar-refractivity contribution in [2.75, 3.05) is 11.9 Å². The Morgan fingerprint density at radius 1 is 1.19 bits per heavy atom. The molecule has 2 aromatic carbocycles. The van der Waals surface area contributed by atoms with Crippen LogP contribution in [-0.2, 0) is 27.7 Å². The van der Waals surface area contributed by atoms with Crippen molar-refractivity contribution in [3.05, 3.63) is 59.2 Å². The van der Waals surface area contributed by atoms with Crippen molar-refractivity contribution in [2.24, 2.45) is 0 Å². The molecule has 27 heavy (non-hydrogen) atoms. The van der Waals surface area contributed by atoms with Gasteiger partial charge in [0.2, 0.25) is 15.9 Å². The van der Waals surface area contributed by atoms with Crippen molar-refractivity contribution in [1.29, 1.82) is 0 Å². The maximum Gasteiger partial charge on any atom is 0.240 e. The van der Waals surface area contributed by atoms with E-state index in [0.717, 1.165) is 12.0 Å². The predicted octanol–water partition coefficient (Wildman–Crippen LogP) is 2.15. The van der Waals surface area contributed by atoms with E-state index in [1.54, 1.807) is 19.1 Å². The fourth-order valence-electron chi connectivity index (χ4n) is 3.47. The highest BCUT2D eigenvalue weighted by atomic mass is 32.2. The number of rotatable bonds is 5. The van der Waals surface area contributed by atoms with Gasteiger partial charge in [-0.05, 0) is 54.7 Å². The second kappa shape index (κ2) is 7.42. The Labute approximate surface area is 159 Å². The molecule has 0 heterocycles. The van der Waals surface area contributed by atoms with E-state index < -0.39 is 15.6 Å². The van der Waals surface area contributed by atoms with Gasteiger partial charge >= 0.3 is 0 Å². The van der Waals surface area contributed by atoms with Gasteiger partial charge in [-0.15, -0.1) is 0 Å². The number of anilines is 1. The number of carbonyl (C=O) groups is 1. The van der Waals surface area contributed by atoms with E-state index in [4.69, 9.17) is 0 Å². The Balaban J connectivity index is 1.73. The van der Waals surface area contributed by atoms with Gasteiger partial charge < -0.3 is 10.4 Å². The van der Waals surface area contributed by atoms with E-state index in [-0.39, 0.29) is 17.3 Å². The molecule has 144 valence electrons. The van der Waals surface area contributed by atoms with Crippen LogP contribution in [0.5, 0.6) is 0 Å². The highest BCUT2D eigenvalue weighted by Crippen LogP contribution is 2.29. The highest BCUT2D eigenvalue weighted by Gasteiger charge is 2.33. The molecule has 1 unspecified atom stereocenters. The molecule has 2 aromatic rings. The second-order valence-electron chi connectivity index (χ2n) is 7.16. The number of fused-ring (bicyclic) bond motifs is 1. The van der Waals surface area contributed by atoms with Crippen LogP contribution in [0, 0.1) is 6.92 Å². The molecule has 0 spiro atoms. The molecule has 0 radical (unpaired) electrons. The molecule has 3 N–H and O–H groups in total. The van der Waals surface area contributed by atoms with E-state index in [1.165, 1.54) is 18.6 Å². The quantitative estimate of drug-likeness (QED) is 0.731. The van der Waals surface area contributed by atoms with E-state index >= 15 is 0 Å². The van der Waals surface area contributed by atoms with Crippen LogP contribution < -0.4 is 10.0 Å². The molecule has 0 saturated heterocycles. The number of benzene rings is 2. The van der Waals surface area contributed by atoms with Crippen LogP contribution in [0.15, 0.2) is 47.4 Å². The molecule has 0 bridgehead atoms. The average Bonchev–Trinajstić information content (AvgIpc) is 2.59. The molecule has 3 rings (SSSR count). The molecular weight excluding hydrogens is 364 g/mol. The Morgan fingerprint density at radius 2 is 1.89 bits per heavy atom. The summed E-state index contributed by atoms with van der Waals surface area (Å²) in [6.07, 6.45) is 1.65. The lowest BCUT2D eigenvalue weighted by Crippen LogP contribution is -2.46. The van der Waals surface area contributed by atoms with E-state index in [2.05, 4.69) is 10.0 Å². The molecule has 1 aliphatic rings. The van der Waals surface area contributed by atoms with Gasteiger partial charge in [-0.25, -0.2) is 13.1 Å². The van der Waals surface area contributed by atoms with Crippen LogP contribution in [-0.4, -0.2) is 31.6 Å². The number of aryl methyl sites for hydroxylation is 2. The zero-order chi connectivity index (χ0) is 19.7. The zero-order valence-electron chi connectivity index (χ0n) is 15.5. The first-order valence-electron chi connectivity index (χ1n) is 8.86. The maximum absolute atomic E-state index is 12.7. The van der Waals surface area contributed by atoms with Crippen LogP contribution in [0.1, 0.15) is 30.0 Å². The summed E-state index contributed by atoms with van der Waals surface area (Å²) in [4.78, 5) is 11.3. The van der Waals surface area contributed by atoms with Crippen molar-refractivity contribution in [1.82, 2.24) is 4.72 Å². The van der Waals surface area contributed by atoms with Gasteiger partial charge in [-0.3, -0.25) is 4.79 Å². The first kappa shape index (κ1) is 19.5. The summed E-state index contributed by atoms with van der Waals surface area (Å²) in [5.74, 6) is -0.220. The van der Waals surface area contributed by atoms with Gasteiger partial charge in [-0.2, -0.15) is 0 Å². The molecule has 6 nitrogen and oxygen atoms in total. The van der Waals surface area contributed by atoms with Crippen molar-refractivity contribution >= 4 is 21.6 Å². The summed E-state index contributed by atoms with van der Waals surface area (Å²) in [5, 5.41) is 13.5. The number of hydrogen-bond acceptors (Lipinski definition) is 4. The van der Waals surface area contributed by atoms with Crippen LogP contribution in [0.2, 0.25) is 0 Å². The van der Waals surface area contributed by atoms with Gasteiger partial charge in [-0.1, -0.05) is 24.3 Å². The molecule has 1 amide bonds. The van der Waals surface area contributed by atoms with Crippen LogP contribution in [0.25, 0.3) is 0 Å². The largest absolute Gasteiger partial charge is 0.388 e. The maximum atomic E-state index is 12.7. The first-order chi connectivity index (χ1) is 12.7. The molecule has 1 aliphatic carbocycles. The summed E-state index contributed by atoms with van der Waals surface area (Å²) >= 11 is 0. The van der Waals surface area contributed by atoms with E-state index in [0.29, 0.717) is 24.1 Å². The molecule has 7 heteroatoms. The summed E-state index contributed by atoms with van der Waals surface area (Å²) in [7, 11) is -3.77. The number of amides is 1. The minimum absolute atomic E-state index is 0.0451. The summed E-state index contributed by atoms with van der Waals surface area (Å²) < 4.78 is 28.0. The Morgan fingerprint density at radius 3 is 2.56 bits per heavy atom. The standard InChI is InChI=1S/C20H24N2O4S/c1-14-11-18(22-15(2)23)7-8-19(14)27(25,26)21-13-20(24)10-9-16-5-3-4-6-17(16)12-20/h3-8,11,21,24H,9-10,12-13H2,1-2H3,(H,22,23). The fourth-order valence-corrected chi connectivity index (χ4v) is 4.82. The number of nitrogens with one attached hydrogen (secondary N) is 2. The molecule has 0 fully saturated rings. The summed E-state index contributed by atoms with van der Waals surface area (Å²) in [5.41, 5.74) is 2.22. The highest BCUT2D eigenvalue weighted by molar-refractivity contribution is 7.89. The third kappa shape index (κ3) is 4.55. The fraction of sp³-hybridized carbons (Fsp3) is 0.350. The topological polar surface area (TPSA) is 95.5 Å². The van der Waals surface area contributed by atoms with Crippen molar-refractivity contribution in [3.63, 3.8) is 0 Å². The minimum Gasteiger partial charge on any atom is -0.388 e. The number of aliphatic hydroxyl groups is 1. The summed E-state index contributed by atoms with van der Waals surface area (Å²) in [6.45, 7) is 3.02. The zero-order valence-corrected chi connectivity index (χ0v) is 16.3. The Hall–Kier alpha value is -2.22. The lowest BCUT2D eigenvalue weighted by Gasteiger charge is -2.33. The van der Waals surface area contributed by atoms with Crippen LogP contribution >= 0.6 is 0 Å². The monoisotopic (exact) mass is 388 g/mol. The predicted molar refractivity (Wildman–Crippen MR) is 104 cm³/mol. The smallest absolute Gasteiger partial charge is 0.240 e. The molecule has 0 saturated carbocycles. The van der Waals surface area contributed by atoms with Gasteiger partial charge in [0.25, 0.3) is 0 Å². The Bertz CT molecular complexity index is 972. The lowest BCUT2D eigenvalue weighted by atomic mass is 9.80. The lowest BCUT2D eigenvalue weighted by molar-refractivity contribution is -0.114. The van der Waals surface area contributed by atoms with Crippen molar-refractivity contribution in [3.8, 4) is 0 Å². The van der Waals surface area contributed by atoms with Gasteiger partial charge in [0, 0.05) is 25.6 Å². The van der Waals surface area contributed by atoms with Crippen LogP contribution in [0.4, 0.5) is 5.69 Å². The van der Waals surface area contributed by atoms with Crippen molar-refractivity contribution < 1.29 is 18.3 Å². The van der Waals surface area contributed by atoms with Gasteiger partial charge in [0.05, 0.1) is 10.5 Å². The third-order valence-electron chi connectivity index (χ3n) is 4.87. The SMILES string of the molecule is CC(=O)Nc1ccc(S(=O)(=O)NCC2(O)CCc3ccccc3C2)c(C)c1. The third-order valence-corrected chi connectivity index (χ3v) is 6.44. The second-order valence-corrected chi connectivity index (χ2v) is 8.89. The minimum atomic E-state index is -3.77. The number of hydrogen-bond donors (Lipinski definition) is 3. The molecule has 0 aliphatic heterocycles. The average molecular weight is 388 g/mol. The van der Waals surface area contributed by atoms with E-state index in [9.17, 15) is 18.3 Å². The Kier molecular flexibility index (Phi) is 5.37. The molecule has 0 aromatic heterocycles. The van der Waals surface area contributed by atoms with Gasteiger partial charge in [0.15, 0.2) is 0 Å². The normalized spacial score (nSPS) is 19.4. The van der Waals surface area contributed by atoms with E-state index in [1.807, 2.05) is 24.3 Å². The van der Waals surface area contributed by atoms with Crippen LogP contribution in [0.3, 0.4) is 0 Å². The molecular formula is C20H24N2O4S. The van der Waals surface area contributed by atoms with Gasteiger partial charge in [0.1, 0.15) is 0 Å².